The molecular formula is C18H12BrFN2O3. The number of halogens is 2. The first-order valence-electron chi connectivity index (χ1n) is 7.29. The summed E-state index contributed by atoms with van der Waals surface area (Å²) in [5, 5.41) is 0. The van der Waals surface area contributed by atoms with Crippen LogP contribution in [0.25, 0.3) is 11.7 Å². The van der Waals surface area contributed by atoms with E-state index in [0.29, 0.717) is 16.9 Å². The number of hydrogen-bond donors (Lipinski definition) is 0. The van der Waals surface area contributed by atoms with Crippen molar-refractivity contribution < 1.29 is 13.9 Å². The smallest absolute Gasteiger partial charge is 0.331 e. The van der Waals surface area contributed by atoms with E-state index in [4.69, 9.17) is 4.74 Å². The van der Waals surface area contributed by atoms with Gasteiger partial charge in [-0.2, -0.15) is 0 Å². The molecule has 0 atom stereocenters. The van der Waals surface area contributed by atoms with Crippen molar-refractivity contribution in [2.75, 3.05) is 0 Å². The normalized spacial score (nSPS) is 11.1. The lowest BCUT2D eigenvalue weighted by Gasteiger charge is -2.05. The third-order valence-corrected chi connectivity index (χ3v) is 3.79. The van der Waals surface area contributed by atoms with Crippen LogP contribution >= 0.6 is 15.9 Å². The van der Waals surface area contributed by atoms with E-state index in [1.54, 1.807) is 30.5 Å². The van der Waals surface area contributed by atoms with Crippen molar-refractivity contribution in [3.05, 3.63) is 86.6 Å². The lowest BCUT2D eigenvalue weighted by atomic mass is 10.2. The highest BCUT2D eigenvalue weighted by molar-refractivity contribution is 9.10. The van der Waals surface area contributed by atoms with Crippen LogP contribution in [0.4, 0.5) is 4.39 Å². The molecule has 0 fully saturated rings. The van der Waals surface area contributed by atoms with Gasteiger partial charge in [-0.05, 0) is 51.8 Å². The van der Waals surface area contributed by atoms with Crippen LogP contribution in [-0.4, -0.2) is 15.4 Å². The zero-order valence-corrected chi connectivity index (χ0v) is 14.4. The van der Waals surface area contributed by atoms with Gasteiger partial charge in [0.2, 0.25) is 0 Å². The van der Waals surface area contributed by atoms with Crippen LogP contribution < -0.4 is 5.56 Å². The van der Waals surface area contributed by atoms with Gasteiger partial charge < -0.3 is 4.74 Å². The summed E-state index contributed by atoms with van der Waals surface area (Å²) in [6, 6.07) is 10.5. The molecule has 0 unspecified atom stereocenters. The van der Waals surface area contributed by atoms with Crippen LogP contribution in [-0.2, 0) is 16.1 Å². The number of nitrogens with zero attached hydrogens (tertiary/aromatic N) is 2. The number of rotatable bonds is 4. The highest BCUT2D eigenvalue weighted by Gasteiger charge is 2.05. The summed E-state index contributed by atoms with van der Waals surface area (Å²) in [5.41, 5.74) is 1.23. The molecule has 0 aliphatic heterocycles. The quantitative estimate of drug-likeness (QED) is 0.495. The molecule has 0 aliphatic rings. The Morgan fingerprint density at radius 3 is 2.76 bits per heavy atom. The fourth-order valence-corrected chi connectivity index (χ4v) is 2.47. The van der Waals surface area contributed by atoms with Crippen LogP contribution in [0.3, 0.4) is 0 Å². The van der Waals surface area contributed by atoms with Crippen LogP contribution in [0.15, 0.2) is 64.0 Å². The molecule has 5 nitrogen and oxygen atoms in total. The van der Waals surface area contributed by atoms with Gasteiger partial charge >= 0.3 is 5.97 Å². The van der Waals surface area contributed by atoms with Crippen LogP contribution in [0.1, 0.15) is 11.3 Å². The summed E-state index contributed by atoms with van der Waals surface area (Å²) in [5.74, 6) is -0.928. The second kappa shape index (κ2) is 7.40. The molecule has 0 amide bonds. The van der Waals surface area contributed by atoms with Gasteiger partial charge in [-0.3, -0.25) is 9.20 Å². The first kappa shape index (κ1) is 17.0. The second-order valence-electron chi connectivity index (χ2n) is 5.15. The van der Waals surface area contributed by atoms with Gasteiger partial charge in [-0.15, -0.1) is 0 Å². The lowest BCUT2D eigenvalue weighted by Crippen LogP contribution is -2.16. The van der Waals surface area contributed by atoms with E-state index < -0.39 is 5.97 Å². The zero-order chi connectivity index (χ0) is 17.8. The Balaban J connectivity index is 1.67. The van der Waals surface area contributed by atoms with Gasteiger partial charge in [0.15, 0.2) is 0 Å². The number of ether oxygens (including phenoxy) is 1. The molecule has 3 aromatic rings. The predicted molar refractivity (Wildman–Crippen MR) is 94.4 cm³/mol. The number of carbonyl (C=O) groups excluding carboxylic acids is 1. The maximum absolute atomic E-state index is 12.8. The van der Waals surface area contributed by atoms with Crippen molar-refractivity contribution in [2.45, 2.75) is 6.61 Å². The standard InChI is InChI=1S/C18H12BrFN2O3/c19-13-4-7-16-21-15(9-17(23)22(16)10-13)11-25-18(24)8-3-12-1-5-14(20)6-2-12/h1-10H,11H2/b8-3+. The number of hydrogen-bond acceptors (Lipinski definition) is 4. The summed E-state index contributed by atoms with van der Waals surface area (Å²) in [4.78, 5) is 28.1. The number of carbonyl (C=O) groups is 1. The van der Waals surface area contributed by atoms with Crippen molar-refractivity contribution in [3.8, 4) is 0 Å². The minimum atomic E-state index is -0.581. The summed E-state index contributed by atoms with van der Waals surface area (Å²) in [6.45, 7) is -0.117. The molecular weight excluding hydrogens is 391 g/mol. The molecule has 0 spiro atoms. The maximum Gasteiger partial charge on any atom is 0.331 e. The van der Waals surface area contributed by atoms with Gasteiger partial charge in [0.05, 0.1) is 5.69 Å². The lowest BCUT2D eigenvalue weighted by molar-refractivity contribution is -0.139. The van der Waals surface area contributed by atoms with Crippen molar-refractivity contribution in [1.82, 2.24) is 9.38 Å². The highest BCUT2D eigenvalue weighted by atomic mass is 79.9. The number of aromatic nitrogens is 2. The number of fused-ring (bicyclic) bond motifs is 1. The third kappa shape index (κ3) is 4.39. The molecule has 7 heteroatoms. The Morgan fingerprint density at radius 1 is 1.24 bits per heavy atom. The Kier molecular flexibility index (Phi) is 5.04. The van der Waals surface area contributed by atoms with Crippen molar-refractivity contribution in [2.24, 2.45) is 0 Å². The monoisotopic (exact) mass is 402 g/mol. The van der Waals surface area contributed by atoms with Gasteiger partial charge in [0.25, 0.3) is 5.56 Å². The third-order valence-electron chi connectivity index (χ3n) is 3.32. The Labute approximate surface area is 150 Å². The van der Waals surface area contributed by atoms with Gasteiger partial charge in [0, 0.05) is 22.8 Å². The molecule has 0 saturated carbocycles. The van der Waals surface area contributed by atoms with Gasteiger partial charge in [-0.25, -0.2) is 14.2 Å². The van der Waals surface area contributed by atoms with E-state index in [-0.39, 0.29) is 18.0 Å². The Hall–Kier alpha value is -2.80. The average Bonchev–Trinajstić information content (AvgIpc) is 2.60. The first-order chi connectivity index (χ1) is 12.0. The van der Waals surface area contributed by atoms with Gasteiger partial charge in [0.1, 0.15) is 18.1 Å². The van der Waals surface area contributed by atoms with Crippen molar-refractivity contribution >= 4 is 33.6 Å². The fourth-order valence-electron chi connectivity index (χ4n) is 2.13. The van der Waals surface area contributed by atoms with E-state index in [1.807, 2.05) is 0 Å². The number of esters is 1. The minimum absolute atomic E-state index is 0.117. The molecule has 3 rings (SSSR count). The Morgan fingerprint density at radius 2 is 2.00 bits per heavy atom. The highest BCUT2D eigenvalue weighted by Crippen LogP contribution is 2.10. The molecule has 0 radical (unpaired) electrons. The van der Waals surface area contributed by atoms with E-state index in [1.165, 1.54) is 34.8 Å². The molecule has 2 aromatic heterocycles. The summed E-state index contributed by atoms with van der Waals surface area (Å²) in [6.07, 6.45) is 4.37. The molecule has 0 aliphatic carbocycles. The van der Waals surface area contributed by atoms with E-state index >= 15 is 0 Å². The second-order valence-corrected chi connectivity index (χ2v) is 6.07. The zero-order valence-electron chi connectivity index (χ0n) is 12.9. The fraction of sp³-hybridized carbons (Fsp3) is 0.0556. The molecule has 0 saturated heterocycles. The van der Waals surface area contributed by atoms with E-state index in [2.05, 4.69) is 20.9 Å². The molecule has 126 valence electrons. The molecule has 0 bridgehead atoms. The topological polar surface area (TPSA) is 60.7 Å². The molecule has 0 N–H and O–H groups in total. The van der Waals surface area contributed by atoms with Gasteiger partial charge in [-0.1, -0.05) is 12.1 Å². The first-order valence-corrected chi connectivity index (χ1v) is 8.09. The van der Waals surface area contributed by atoms with Crippen molar-refractivity contribution in [1.29, 1.82) is 0 Å². The number of pyridine rings is 1. The van der Waals surface area contributed by atoms with Crippen LogP contribution in [0, 0.1) is 5.82 Å². The maximum atomic E-state index is 12.8. The van der Waals surface area contributed by atoms with Crippen molar-refractivity contribution in [3.63, 3.8) is 0 Å². The molecule has 2 heterocycles. The summed E-state index contributed by atoms with van der Waals surface area (Å²) in [7, 11) is 0. The van der Waals surface area contributed by atoms with Crippen LogP contribution in [0.5, 0.6) is 0 Å². The summed E-state index contributed by atoms with van der Waals surface area (Å²) < 4.78 is 20.0. The Bertz CT molecular complexity index is 1010. The predicted octanol–water partition coefficient (Wildman–Crippen LogP) is 3.35. The SMILES string of the molecule is O=C(/C=C/c1ccc(F)cc1)OCc1cc(=O)n2cc(Br)ccc2n1. The van der Waals surface area contributed by atoms with Crippen LogP contribution in [0.2, 0.25) is 0 Å². The average molecular weight is 403 g/mol. The van der Waals surface area contributed by atoms with E-state index in [0.717, 1.165) is 4.47 Å². The van der Waals surface area contributed by atoms with E-state index in [9.17, 15) is 14.0 Å². The molecule has 25 heavy (non-hydrogen) atoms. The summed E-state index contributed by atoms with van der Waals surface area (Å²) >= 11 is 3.29. The molecule has 1 aromatic carbocycles. The largest absolute Gasteiger partial charge is 0.456 e. The minimum Gasteiger partial charge on any atom is -0.456 e. The number of benzene rings is 1.